The highest BCUT2D eigenvalue weighted by atomic mass is 19.4. The molecule has 1 aromatic carbocycles. The van der Waals surface area contributed by atoms with E-state index < -0.39 is 12.2 Å². The SMILES string of the molecule is CN(C)C(C)(C)CNC(c1ccccc1)C(F)(F)F. The van der Waals surface area contributed by atoms with Crippen LogP contribution in [0.25, 0.3) is 0 Å². The summed E-state index contributed by atoms with van der Waals surface area (Å²) in [6.45, 7) is 4.05. The van der Waals surface area contributed by atoms with Crippen molar-refractivity contribution in [1.29, 1.82) is 0 Å². The second kappa shape index (κ2) is 5.92. The van der Waals surface area contributed by atoms with Gasteiger partial charge in [0, 0.05) is 12.1 Å². The zero-order valence-electron chi connectivity index (χ0n) is 11.8. The van der Waals surface area contributed by atoms with Gasteiger partial charge in [-0.1, -0.05) is 30.3 Å². The van der Waals surface area contributed by atoms with Crippen LogP contribution < -0.4 is 5.32 Å². The van der Waals surface area contributed by atoms with E-state index in [4.69, 9.17) is 0 Å². The average Bonchev–Trinajstić information content (AvgIpc) is 2.28. The molecule has 1 atom stereocenters. The van der Waals surface area contributed by atoms with Crippen LogP contribution >= 0.6 is 0 Å². The number of hydrogen-bond donors (Lipinski definition) is 1. The molecule has 0 saturated carbocycles. The first-order valence-electron chi connectivity index (χ1n) is 6.17. The van der Waals surface area contributed by atoms with Crippen LogP contribution in [0.3, 0.4) is 0 Å². The molecule has 2 nitrogen and oxygen atoms in total. The van der Waals surface area contributed by atoms with Gasteiger partial charge in [0.25, 0.3) is 0 Å². The van der Waals surface area contributed by atoms with Gasteiger partial charge >= 0.3 is 6.18 Å². The largest absolute Gasteiger partial charge is 0.407 e. The lowest BCUT2D eigenvalue weighted by molar-refractivity contribution is -0.158. The third-order valence-corrected chi connectivity index (χ3v) is 3.41. The molecule has 1 rings (SSSR count). The molecule has 1 aromatic rings. The van der Waals surface area contributed by atoms with Crippen LogP contribution in [-0.2, 0) is 0 Å². The number of nitrogens with zero attached hydrogens (tertiary/aromatic N) is 1. The molecule has 0 aliphatic heterocycles. The number of halogens is 3. The van der Waals surface area contributed by atoms with Crippen molar-refractivity contribution < 1.29 is 13.2 Å². The number of benzene rings is 1. The molecule has 0 aromatic heterocycles. The summed E-state index contributed by atoms with van der Waals surface area (Å²) in [7, 11) is 3.71. The van der Waals surface area contributed by atoms with Crippen LogP contribution in [0.4, 0.5) is 13.2 Å². The van der Waals surface area contributed by atoms with Gasteiger partial charge in [0.1, 0.15) is 6.04 Å². The van der Waals surface area contributed by atoms with Crippen LogP contribution in [0.1, 0.15) is 25.5 Å². The van der Waals surface area contributed by atoms with Crippen molar-refractivity contribution in [3.05, 3.63) is 35.9 Å². The molecule has 0 amide bonds. The topological polar surface area (TPSA) is 15.3 Å². The highest BCUT2D eigenvalue weighted by molar-refractivity contribution is 5.20. The van der Waals surface area contributed by atoms with Crippen molar-refractivity contribution in [2.75, 3.05) is 20.6 Å². The fourth-order valence-electron chi connectivity index (χ4n) is 1.58. The molecule has 0 fully saturated rings. The molecule has 5 heteroatoms. The first-order valence-corrected chi connectivity index (χ1v) is 6.17. The van der Waals surface area contributed by atoms with Crippen molar-refractivity contribution in [2.24, 2.45) is 0 Å². The van der Waals surface area contributed by atoms with E-state index in [1.807, 2.05) is 32.8 Å². The lowest BCUT2D eigenvalue weighted by Gasteiger charge is -2.35. The van der Waals surface area contributed by atoms with E-state index in [1.165, 1.54) is 12.1 Å². The minimum atomic E-state index is -4.30. The number of rotatable bonds is 5. The molecule has 0 bridgehead atoms. The number of likely N-dealkylation sites (N-methyl/N-ethyl adjacent to an activating group) is 1. The third-order valence-electron chi connectivity index (χ3n) is 3.41. The predicted octanol–water partition coefficient (Wildman–Crippen LogP) is 3.22. The van der Waals surface area contributed by atoms with E-state index >= 15 is 0 Å². The molecule has 0 heterocycles. The predicted molar refractivity (Wildman–Crippen MR) is 71.0 cm³/mol. The summed E-state index contributed by atoms with van der Waals surface area (Å²) in [5.41, 5.74) is -0.109. The number of nitrogens with one attached hydrogen (secondary N) is 1. The number of hydrogen-bond acceptors (Lipinski definition) is 2. The molecule has 1 N–H and O–H groups in total. The zero-order valence-corrected chi connectivity index (χ0v) is 11.8. The van der Waals surface area contributed by atoms with Gasteiger partial charge < -0.3 is 10.2 Å². The highest BCUT2D eigenvalue weighted by Crippen LogP contribution is 2.32. The lowest BCUT2D eigenvalue weighted by atomic mass is 10.0. The van der Waals surface area contributed by atoms with E-state index in [1.54, 1.807) is 18.2 Å². The van der Waals surface area contributed by atoms with Gasteiger partial charge in [0.15, 0.2) is 0 Å². The first kappa shape index (κ1) is 16.0. The lowest BCUT2D eigenvalue weighted by Crippen LogP contribution is -2.49. The second-order valence-corrected chi connectivity index (χ2v) is 5.47. The molecule has 19 heavy (non-hydrogen) atoms. The second-order valence-electron chi connectivity index (χ2n) is 5.47. The molecular formula is C14H21F3N2. The Morgan fingerprint density at radius 1 is 1.11 bits per heavy atom. The molecule has 0 aliphatic rings. The normalized spacial score (nSPS) is 14.7. The quantitative estimate of drug-likeness (QED) is 0.887. The molecule has 0 radical (unpaired) electrons. The molecule has 0 aliphatic carbocycles. The summed E-state index contributed by atoms with van der Waals surface area (Å²) in [6, 6.07) is 6.30. The average molecular weight is 274 g/mol. The van der Waals surface area contributed by atoms with Crippen LogP contribution in [0.2, 0.25) is 0 Å². The maximum absolute atomic E-state index is 13.1. The van der Waals surface area contributed by atoms with Crippen LogP contribution in [0, 0.1) is 0 Å². The van der Waals surface area contributed by atoms with Gasteiger partial charge in [-0.25, -0.2) is 0 Å². The van der Waals surface area contributed by atoms with Crippen molar-refractivity contribution in [3.8, 4) is 0 Å². The molecule has 0 spiro atoms. The highest BCUT2D eigenvalue weighted by Gasteiger charge is 2.41. The van der Waals surface area contributed by atoms with Crippen LogP contribution in [0.15, 0.2) is 30.3 Å². The Kier molecular flexibility index (Phi) is 4.98. The minimum Gasteiger partial charge on any atom is -0.303 e. The van der Waals surface area contributed by atoms with E-state index in [2.05, 4.69) is 5.32 Å². The molecular weight excluding hydrogens is 253 g/mol. The molecule has 0 saturated heterocycles. The van der Waals surface area contributed by atoms with Gasteiger partial charge in [-0.2, -0.15) is 13.2 Å². The van der Waals surface area contributed by atoms with E-state index in [-0.39, 0.29) is 17.6 Å². The summed E-state index contributed by atoms with van der Waals surface area (Å²) in [5, 5.41) is 2.63. The van der Waals surface area contributed by atoms with Crippen LogP contribution in [-0.4, -0.2) is 37.3 Å². The summed E-state index contributed by atoms with van der Waals surface area (Å²) >= 11 is 0. The van der Waals surface area contributed by atoms with E-state index in [0.717, 1.165) is 0 Å². The monoisotopic (exact) mass is 274 g/mol. The Labute approximate surface area is 112 Å². The Balaban J connectivity index is 2.84. The van der Waals surface area contributed by atoms with Crippen molar-refractivity contribution in [1.82, 2.24) is 10.2 Å². The Morgan fingerprint density at radius 2 is 1.63 bits per heavy atom. The zero-order chi connectivity index (χ0) is 14.7. The summed E-state index contributed by atoms with van der Waals surface area (Å²) in [4.78, 5) is 1.90. The third kappa shape index (κ3) is 4.51. The number of alkyl halides is 3. The molecule has 1 unspecified atom stereocenters. The van der Waals surface area contributed by atoms with Gasteiger partial charge in [0.2, 0.25) is 0 Å². The van der Waals surface area contributed by atoms with Crippen molar-refractivity contribution in [2.45, 2.75) is 31.6 Å². The Bertz CT molecular complexity index is 385. The fourth-order valence-corrected chi connectivity index (χ4v) is 1.58. The molecule has 108 valence electrons. The van der Waals surface area contributed by atoms with Gasteiger partial charge in [-0.05, 0) is 33.5 Å². The van der Waals surface area contributed by atoms with Crippen molar-refractivity contribution >= 4 is 0 Å². The van der Waals surface area contributed by atoms with Crippen LogP contribution in [0.5, 0.6) is 0 Å². The Morgan fingerprint density at radius 3 is 2.05 bits per heavy atom. The maximum Gasteiger partial charge on any atom is 0.407 e. The van der Waals surface area contributed by atoms with E-state index in [9.17, 15) is 13.2 Å². The minimum absolute atomic E-state index is 0.240. The van der Waals surface area contributed by atoms with Gasteiger partial charge in [-0.15, -0.1) is 0 Å². The standard InChI is InChI=1S/C14H21F3N2/c1-13(2,19(3)4)10-18-12(14(15,16)17)11-8-6-5-7-9-11/h5-9,12,18H,10H2,1-4H3. The van der Waals surface area contributed by atoms with Crippen molar-refractivity contribution in [3.63, 3.8) is 0 Å². The van der Waals surface area contributed by atoms with Gasteiger partial charge in [-0.3, -0.25) is 0 Å². The summed E-state index contributed by atoms with van der Waals surface area (Å²) < 4.78 is 39.3. The summed E-state index contributed by atoms with van der Waals surface area (Å²) in [6.07, 6.45) is -4.30. The van der Waals surface area contributed by atoms with E-state index in [0.29, 0.717) is 0 Å². The Hall–Kier alpha value is -1.07. The summed E-state index contributed by atoms with van der Waals surface area (Å²) in [5.74, 6) is 0. The maximum atomic E-state index is 13.1. The smallest absolute Gasteiger partial charge is 0.303 e. The van der Waals surface area contributed by atoms with Gasteiger partial charge in [0.05, 0.1) is 0 Å². The fraction of sp³-hybridized carbons (Fsp3) is 0.571. The first-order chi connectivity index (χ1) is 8.64.